The van der Waals surface area contributed by atoms with Gasteiger partial charge in [-0.25, -0.2) is 4.39 Å². The molecule has 0 saturated carbocycles. The fraction of sp³-hybridized carbons (Fsp3) is 0.167. The fourth-order valence-corrected chi connectivity index (χ4v) is 4.56. The van der Waals surface area contributed by atoms with Crippen LogP contribution in [0.25, 0.3) is 0 Å². The van der Waals surface area contributed by atoms with Gasteiger partial charge < -0.3 is 10.1 Å². The molecule has 1 N–H and O–H groups in total. The van der Waals surface area contributed by atoms with E-state index in [2.05, 4.69) is 5.32 Å². The van der Waals surface area contributed by atoms with Crippen molar-refractivity contribution < 1.29 is 18.7 Å². The zero-order valence-electron chi connectivity index (χ0n) is 16.9. The molecule has 158 valence electrons. The number of carbonyl (C=O) groups excluding carboxylic acids is 2. The molecule has 5 nitrogen and oxygen atoms in total. The third-order valence-electron chi connectivity index (χ3n) is 4.83. The van der Waals surface area contributed by atoms with Crippen LogP contribution in [0.2, 0.25) is 0 Å². The maximum Gasteiger partial charge on any atom is 0.255 e. The summed E-state index contributed by atoms with van der Waals surface area (Å²) in [6, 6.07) is 20.3. The zero-order chi connectivity index (χ0) is 21.8. The van der Waals surface area contributed by atoms with Crippen molar-refractivity contribution in [2.75, 3.05) is 22.6 Å². The van der Waals surface area contributed by atoms with Crippen LogP contribution in [0.4, 0.5) is 15.8 Å². The molecule has 0 aromatic heterocycles. The number of anilines is 2. The molecule has 1 heterocycles. The Morgan fingerprint density at radius 3 is 2.58 bits per heavy atom. The Morgan fingerprint density at radius 1 is 1.13 bits per heavy atom. The average molecular weight is 437 g/mol. The summed E-state index contributed by atoms with van der Waals surface area (Å²) in [6.45, 7) is 2.50. The van der Waals surface area contributed by atoms with Crippen LogP contribution in [0, 0.1) is 5.82 Å². The molecule has 0 aliphatic carbocycles. The lowest BCUT2D eigenvalue weighted by atomic mass is 10.1. The molecule has 3 aromatic carbocycles. The number of halogens is 1. The van der Waals surface area contributed by atoms with Gasteiger partial charge in [-0.2, -0.15) is 0 Å². The van der Waals surface area contributed by atoms with Crippen molar-refractivity contribution in [3.63, 3.8) is 0 Å². The molecule has 1 fully saturated rings. The Labute approximate surface area is 184 Å². The Morgan fingerprint density at radius 2 is 1.87 bits per heavy atom. The lowest BCUT2D eigenvalue weighted by Gasteiger charge is -2.25. The van der Waals surface area contributed by atoms with Crippen molar-refractivity contribution in [2.24, 2.45) is 0 Å². The van der Waals surface area contributed by atoms with Crippen molar-refractivity contribution in [2.45, 2.75) is 12.3 Å². The van der Waals surface area contributed by atoms with Gasteiger partial charge in [0.2, 0.25) is 5.91 Å². The van der Waals surface area contributed by atoms with E-state index in [4.69, 9.17) is 4.74 Å². The van der Waals surface area contributed by atoms with Crippen LogP contribution in [0.3, 0.4) is 0 Å². The number of thioether (sulfide) groups is 1. The number of carbonyl (C=O) groups is 2. The largest absolute Gasteiger partial charge is 0.494 e. The van der Waals surface area contributed by atoms with Gasteiger partial charge in [0, 0.05) is 16.9 Å². The van der Waals surface area contributed by atoms with Gasteiger partial charge in [-0.3, -0.25) is 14.5 Å². The third kappa shape index (κ3) is 4.72. The first-order chi connectivity index (χ1) is 15.0. The Bertz CT molecular complexity index is 1090. The van der Waals surface area contributed by atoms with Crippen LogP contribution in [-0.2, 0) is 4.79 Å². The van der Waals surface area contributed by atoms with E-state index in [1.54, 1.807) is 11.0 Å². The highest BCUT2D eigenvalue weighted by atomic mass is 32.2. The number of benzene rings is 3. The first-order valence-corrected chi connectivity index (χ1v) is 10.9. The van der Waals surface area contributed by atoms with Gasteiger partial charge in [-0.15, -0.1) is 11.8 Å². The topological polar surface area (TPSA) is 58.6 Å². The number of hydrogen-bond donors (Lipinski definition) is 1. The van der Waals surface area contributed by atoms with Crippen molar-refractivity contribution in [3.8, 4) is 5.75 Å². The molecule has 0 spiro atoms. The summed E-state index contributed by atoms with van der Waals surface area (Å²) in [5.41, 5.74) is 2.68. The number of nitrogens with zero attached hydrogens (tertiary/aromatic N) is 1. The van der Waals surface area contributed by atoms with E-state index in [1.807, 2.05) is 49.4 Å². The minimum Gasteiger partial charge on any atom is -0.494 e. The Kier molecular flexibility index (Phi) is 6.23. The molecule has 2 amide bonds. The van der Waals surface area contributed by atoms with Crippen LogP contribution >= 0.6 is 11.8 Å². The van der Waals surface area contributed by atoms with Crippen LogP contribution < -0.4 is 15.0 Å². The molecule has 0 unspecified atom stereocenters. The van der Waals surface area contributed by atoms with Crippen molar-refractivity contribution in [3.05, 3.63) is 89.7 Å². The number of rotatable bonds is 6. The molecule has 7 heteroatoms. The molecule has 0 bridgehead atoms. The van der Waals surface area contributed by atoms with E-state index in [0.29, 0.717) is 23.6 Å². The average Bonchev–Trinajstić information content (AvgIpc) is 3.16. The summed E-state index contributed by atoms with van der Waals surface area (Å²) >= 11 is 1.54. The standard InChI is InChI=1S/C24H21FN2O3S/c1-2-30-21-12-10-20(11-13-21)27-22(28)15-31-24(27)17-4-3-5-19(14-17)26-23(29)16-6-8-18(25)9-7-16/h3-14,24H,2,15H2,1H3,(H,26,29)/t24-/m0/s1. The second-order valence-electron chi connectivity index (χ2n) is 6.94. The molecular weight excluding hydrogens is 415 g/mol. The summed E-state index contributed by atoms with van der Waals surface area (Å²) in [7, 11) is 0. The smallest absolute Gasteiger partial charge is 0.255 e. The quantitative estimate of drug-likeness (QED) is 0.573. The highest BCUT2D eigenvalue weighted by Crippen LogP contribution is 2.42. The summed E-state index contributed by atoms with van der Waals surface area (Å²) < 4.78 is 18.6. The van der Waals surface area contributed by atoms with Gasteiger partial charge in [0.25, 0.3) is 5.91 Å². The van der Waals surface area contributed by atoms with Crippen LogP contribution in [-0.4, -0.2) is 24.2 Å². The summed E-state index contributed by atoms with van der Waals surface area (Å²) in [5, 5.41) is 2.64. The Balaban J connectivity index is 1.55. The fourth-order valence-electron chi connectivity index (χ4n) is 3.39. The number of nitrogens with one attached hydrogen (secondary N) is 1. The molecular formula is C24H21FN2O3S. The lowest BCUT2D eigenvalue weighted by Crippen LogP contribution is -2.27. The number of amides is 2. The second-order valence-corrected chi connectivity index (χ2v) is 8.01. The first-order valence-electron chi connectivity index (χ1n) is 9.88. The number of hydrogen-bond acceptors (Lipinski definition) is 4. The van der Waals surface area contributed by atoms with E-state index < -0.39 is 5.82 Å². The van der Waals surface area contributed by atoms with E-state index >= 15 is 0 Å². The molecule has 3 aromatic rings. The number of ether oxygens (including phenoxy) is 1. The lowest BCUT2D eigenvalue weighted by molar-refractivity contribution is -0.115. The van der Waals surface area contributed by atoms with Crippen LogP contribution in [0.15, 0.2) is 72.8 Å². The first kappa shape index (κ1) is 20.9. The Hall–Kier alpha value is -3.32. The second kappa shape index (κ2) is 9.22. The maximum absolute atomic E-state index is 13.1. The van der Waals surface area contributed by atoms with E-state index in [1.165, 1.54) is 36.0 Å². The molecule has 4 rings (SSSR count). The molecule has 1 aliphatic rings. The van der Waals surface area contributed by atoms with Gasteiger partial charge in [-0.05, 0) is 73.2 Å². The molecule has 1 saturated heterocycles. The van der Waals surface area contributed by atoms with Crippen LogP contribution in [0.1, 0.15) is 28.2 Å². The molecule has 0 radical (unpaired) electrons. The van der Waals surface area contributed by atoms with Crippen molar-refractivity contribution >= 4 is 35.0 Å². The summed E-state index contributed by atoms with van der Waals surface area (Å²) in [6.07, 6.45) is 0. The van der Waals surface area contributed by atoms with E-state index in [0.717, 1.165) is 17.0 Å². The van der Waals surface area contributed by atoms with Gasteiger partial charge >= 0.3 is 0 Å². The third-order valence-corrected chi connectivity index (χ3v) is 6.04. The van der Waals surface area contributed by atoms with Gasteiger partial charge in [0.1, 0.15) is 16.9 Å². The minimum absolute atomic E-state index is 0.0277. The normalized spacial score (nSPS) is 15.7. The zero-order valence-corrected chi connectivity index (χ0v) is 17.7. The monoisotopic (exact) mass is 436 g/mol. The van der Waals surface area contributed by atoms with E-state index in [-0.39, 0.29) is 17.2 Å². The SMILES string of the molecule is CCOc1ccc(N2C(=O)CS[C@H]2c2cccc(NC(=O)c3ccc(F)cc3)c2)cc1. The summed E-state index contributed by atoms with van der Waals surface area (Å²) in [5.74, 6) is 0.448. The summed E-state index contributed by atoms with van der Waals surface area (Å²) in [4.78, 5) is 26.8. The predicted octanol–water partition coefficient (Wildman–Crippen LogP) is 5.26. The predicted molar refractivity (Wildman–Crippen MR) is 121 cm³/mol. The highest BCUT2D eigenvalue weighted by Gasteiger charge is 2.34. The minimum atomic E-state index is -0.393. The van der Waals surface area contributed by atoms with Gasteiger partial charge in [0.15, 0.2) is 0 Å². The van der Waals surface area contributed by atoms with Crippen LogP contribution in [0.5, 0.6) is 5.75 Å². The van der Waals surface area contributed by atoms with E-state index in [9.17, 15) is 14.0 Å². The van der Waals surface area contributed by atoms with Crippen molar-refractivity contribution in [1.29, 1.82) is 0 Å². The molecule has 1 atom stereocenters. The van der Waals surface area contributed by atoms with Gasteiger partial charge in [0.05, 0.1) is 12.4 Å². The molecule has 1 aliphatic heterocycles. The van der Waals surface area contributed by atoms with Gasteiger partial charge in [-0.1, -0.05) is 12.1 Å². The molecule has 31 heavy (non-hydrogen) atoms. The highest BCUT2D eigenvalue weighted by molar-refractivity contribution is 8.00. The van der Waals surface area contributed by atoms with Crippen molar-refractivity contribution in [1.82, 2.24) is 0 Å². The maximum atomic E-state index is 13.1.